The monoisotopic (exact) mass is 388 g/mol. The third-order valence-corrected chi connectivity index (χ3v) is 3.92. The molecule has 2 rings (SSSR count). The van der Waals surface area contributed by atoms with Gasteiger partial charge in [0, 0.05) is 21.9 Å². The van der Waals surface area contributed by atoms with Crippen molar-refractivity contribution in [3.63, 3.8) is 0 Å². The zero-order valence-corrected chi connectivity index (χ0v) is 14.1. The van der Waals surface area contributed by atoms with Gasteiger partial charge < -0.3 is 9.88 Å². The summed E-state index contributed by atoms with van der Waals surface area (Å²) in [5.41, 5.74) is 0.878. The lowest BCUT2D eigenvalue weighted by Gasteiger charge is -2.09. The topological polar surface area (TPSA) is 51.1 Å². The summed E-state index contributed by atoms with van der Waals surface area (Å²) in [4.78, 5) is 23.9. The number of rotatable bonds is 3. The van der Waals surface area contributed by atoms with Crippen molar-refractivity contribution >= 4 is 50.7 Å². The Kier molecular flexibility index (Phi) is 5.08. The third kappa shape index (κ3) is 4.09. The summed E-state index contributed by atoms with van der Waals surface area (Å²) >= 11 is 15.0. The molecule has 1 amide bonds. The number of aromatic nitrogens is 1. The largest absolute Gasteiger partial charge is 0.324 e. The molecule has 0 spiro atoms. The van der Waals surface area contributed by atoms with Gasteiger partial charge in [-0.05, 0) is 47.1 Å². The molecule has 0 unspecified atom stereocenters. The summed E-state index contributed by atoms with van der Waals surface area (Å²) in [6, 6.07) is 6.49. The van der Waals surface area contributed by atoms with E-state index < -0.39 is 0 Å². The van der Waals surface area contributed by atoms with E-state index in [-0.39, 0.29) is 18.0 Å². The maximum absolute atomic E-state index is 12.0. The predicted molar refractivity (Wildman–Crippen MR) is 88.2 cm³/mol. The van der Waals surface area contributed by atoms with Crippen molar-refractivity contribution in [3.8, 4) is 0 Å². The van der Waals surface area contributed by atoms with Crippen LogP contribution in [0.25, 0.3) is 0 Å². The van der Waals surface area contributed by atoms with Gasteiger partial charge in [-0.25, -0.2) is 0 Å². The van der Waals surface area contributed by atoms with E-state index >= 15 is 0 Å². The molecule has 4 nitrogen and oxygen atoms in total. The Hall–Kier alpha value is -1.30. The summed E-state index contributed by atoms with van der Waals surface area (Å²) in [5.74, 6) is -0.326. The molecule has 0 bridgehead atoms. The van der Waals surface area contributed by atoms with E-state index in [1.54, 1.807) is 37.4 Å². The summed E-state index contributed by atoms with van der Waals surface area (Å²) in [7, 11) is 0. The van der Waals surface area contributed by atoms with Gasteiger partial charge >= 0.3 is 0 Å². The number of anilines is 1. The average Bonchev–Trinajstić information content (AvgIpc) is 2.39. The Labute approximate surface area is 139 Å². The number of amides is 1. The summed E-state index contributed by atoms with van der Waals surface area (Å²) < 4.78 is 2.08. The van der Waals surface area contributed by atoms with Gasteiger partial charge in [0.2, 0.25) is 5.91 Å². The van der Waals surface area contributed by atoms with Crippen molar-refractivity contribution < 1.29 is 4.79 Å². The zero-order chi connectivity index (χ0) is 15.6. The average molecular weight is 390 g/mol. The van der Waals surface area contributed by atoms with Crippen molar-refractivity contribution in [2.75, 3.05) is 5.32 Å². The van der Waals surface area contributed by atoms with Crippen LogP contribution in [0, 0.1) is 6.92 Å². The lowest BCUT2D eigenvalue weighted by molar-refractivity contribution is -0.116. The second-order valence-corrected chi connectivity index (χ2v) is 6.18. The highest BCUT2D eigenvalue weighted by atomic mass is 79.9. The van der Waals surface area contributed by atoms with Crippen LogP contribution < -0.4 is 10.9 Å². The van der Waals surface area contributed by atoms with Gasteiger partial charge in [0.15, 0.2) is 0 Å². The number of benzene rings is 1. The standard InChI is InChI=1S/C14H11BrCl2N2O2/c1-8-4-9(15)6-19(14(8)21)7-13(20)18-10-2-3-11(16)12(17)5-10/h2-6H,7H2,1H3,(H,18,20). The van der Waals surface area contributed by atoms with Gasteiger partial charge in [0.05, 0.1) is 10.0 Å². The number of carbonyl (C=O) groups is 1. The van der Waals surface area contributed by atoms with E-state index in [9.17, 15) is 9.59 Å². The normalized spacial score (nSPS) is 10.5. The van der Waals surface area contributed by atoms with Crippen LogP contribution in [0.15, 0.2) is 39.7 Å². The molecule has 21 heavy (non-hydrogen) atoms. The fourth-order valence-corrected chi connectivity index (χ4v) is 2.68. The molecule has 0 fully saturated rings. The van der Waals surface area contributed by atoms with Crippen molar-refractivity contribution in [2.24, 2.45) is 0 Å². The second-order valence-electron chi connectivity index (χ2n) is 4.45. The van der Waals surface area contributed by atoms with Gasteiger partial charge in [-0.2, -0.15) is 0 Å². The minimum Gasteiger partial charge on any atom is -0.324 e. The van der Waals surface area contributed by atoms with Crippen LogP contribution >= 0.6 is 39.1 Å². The van der Waals surface area contributed by atoms with Gasteiger partial charge in [0.1, 0.15) is 6.54 Å². The molecule has 0 saturated heterocycles. The van der Waals surface area contributed by atoms with Crippen LogP contribution in [0.3, 0.4) is 0 Å². The number of nitrogens with one attached hydrogen (secondary N) is 1. The minimum absolute atomic E-state index is 0.0840. The number of hydrogen-bond acceptors (Lipinski definition) is 2. The Morgan fingerprint density at radius 3 is 2.67 bits per heavy atom. The molecule has 0 radical (unpaired) electrons. The first-order valence-electron chi connectivity index (χ1n) is 5.98. The molecular weight excluding hydrogens is 379 g/mol. The van der Waals surface area contributed by atoms with Crippen LogP contribution in [0.1, 0.15) is 5.56 Å². The number of nitrogens with zero attached hydrogens (tertiary/aromatic N) is 1. The van der Waals surface area contributed by atoms with Gasteiger partial charge in [-0.3, -0.25) is 9.59 Å². The highest BCUT2D eigenvalue weighted by molar-refractivity contribution is 9.10. The Bertz CT molecular complexity index is 759. The molecular formula is C14H11BrCl2N2O2. The molecule has 1 heterocycles. The first-order valence-corrected chi connectivity index (χ1v) is 7.53. The lowest BCUT2D eigenvalue weighted by atomic mass is 10.3. The SMILES string of the molecule is Cc1cc(Br)cn(CC(=O)Nc2ccc(Cl)c(Cl)c2)c1=O. The van der Waals surface area contributed by atoms with Crippen LogP contribution in [0.5, 0.6) is 0 Å². The minimum atomic E-state index is -0.326. The third-order valence-electron chi connectivity index (χ3n) is 2.75. The second kappa shape index (κ2) is 6.64. The van der Waals surface area contributed by atoms with E-state index in [0.717, 1.165) is 4.47 Å². The fourth-order valence-electron chi connectivity index (χ4n) is 1.79. The van der Waals surface area contributed by atoms with Crippen LogP contribution in [-0.4, -0.2) is 10.5 Å². The molecule has 0 aliphatic carbocycles. The van der Waals surface area contributed by atoms with E-state index in [1.807, 2.05) is 0 Å². The smallest absolute Gasteiger partial charge is 0.253 e. The first-order chi connectivity index (χ1) is 9.86. The van der Waals surface area contributed by atoms with E-state index in [4.69, 9.17) is 23.2 Å². The van der Waals surface area contributed by atoms with Crippen LogP contribution in [0.4, 0.5) is 5.69 Å². The van der Waals surface area contributed by atoms with Crippen LogP contribution in [0.2, 0.25) is 10.0 Å². The summed E-state index contributed by atoms with van der Waals surface area (Å²) in [6.07, 6.45) is 1.57. The zero-order valence-electron chi connectivity index (χ0n) is 11.0. The molecule has 1 aromatic heterocycles. The Balaban J connectivity index is 2.15. The van der Waals surface area contributed by atoms with Crippen molar-refractivity contribution in [1.29, 1.82) is 0 Å². The summed E-state index contributed by atoms with van der Waals surface area (Å²) in [6.45, 7) is 1.61. The molecule has 110 valence electrons. The van der Waals surface area contributed by atoms with E-state index in [1.165, 1.54) is 4.57 Å². The molecule has 2 aromatic rings. The number of aryl methyl sites for hydroxylation is 1. The summed E-state index contributed by atoms with van der Waals surface area (Å²) in [5, 5.41) is 3.43. The highest BCUT2D eigenvalue weighted by Crippen LogP contribution is 2.24. The highest BCUT2D eigenvalue weighted by Gasteiger charge is 2.08. The van der Waals surface area contributed by atoms with Crippen molar-refractivity contribution in [3.05, 3.63) is 60.9 Å². The maximum atomic E-state index is 12.0. The van der Waals surface area contributed by atoms with Gasteiger partial charge in [-0.1, -0.05) is 23.2 Å². The first kappa shape index (κ1) is 16.1. The molecule has 1 aromatic carbocycles. The number of pyridine rings is 1. The molecule has 7 heteroatoms. The number of halogens is 3. The van der Waals surface area contributed by atoms with Gasteiger partial charge in [0.25, 0.3) is 5.56 Å². The quantitative estimate of drug-likeness (QED) is 0.866. The molecule has 0 atom stereocenters. The Morgan fingerprint density at radius 1 is 1.29 bits per heavy atom. The van der Waals surface area contributed by atoms with E-state index in [0.29, 0.717) is 21.3 Å². The van der Waals surface area contributed by atoms with Crippen LogP contribution in [-0.2, 0) is 11.3 Å². The Morgan fingerprint density at radius 2 is 2.00 bits per heavy atom. The predicted octanol–water partition coefficient (Wildman–Crippen LogP) is 3.86. The van der Waals surface area contributed by atoms with E-state index in [2.05, 4.69) is 21.2 Å². The fraction of sp³-hybridized carbons (Fsp3) is 0.143. The van der Waals surface area contributed by atoms with Crippen molar-refractivity contribution in [1.82, 2.24) is 4.57 Å². The van der Waals surface area contributed by atoms with Crippen molar-refractivity contribution in [2.45, 2.75) is 13.5 Å². The molecule has 0 aliphatic heterocycles. The maximum Gasteiger partial charge on any atom is 0.253 e. The molecule has 0 aliphatic rings. The lowest BCUT2D eigenvalue weighted by Crippen LogP contribution is -2.28. The molecule has 1 N–H and O–H groups in total. The number of hydrogen-bond donors (Lipinski definition) is 1. The molecule has 0 saturated carbocycles. The van der Waals surface area contributed by atoms with Gasteiger partial charge in [-0.15, -0.1) is 0 Å². The number of carbonyl (C=O) groups excluding carboxylic acids is 1.